The first-order chi connectivity index (χ1) is 13.3. The predicted molar refractivity (Wildman–Crippen MR) is 115 cm³/mol. The van der Waals surface area contributed by atoms with E-state index in [1.807, 2.05) is 35.4 Å². The minimum atomic E-state index is 0. The van der Waals surface area contributed by atoms with Crippen molar-refractivity contribution in [2.75, 3.05) is 13.1 Å². The van der Waals surface area contributed by atoms with E-state index in [-0.39, 0.29) is 18.3 Å². The fourth-order valence-corrected chi connectivity index (χ4v) is 3.79. The number of H-pyrrole nitrogens is 1. The molecule has 0 spiro atoms. The summed E-state index contributed by atoms with van der Waals surface area (Å²) < 4.78 is 0. The molecule has 0 radical (unpaired) electrons. The van der Waals surface area contributed by atoms with Crippen molar-refractivity contribution in [3.05, 3.63) is 78.1 Å². The number of halogens is 1. The molecule has 0 unspecified atom stereocenters. The predicted octanol–water partition coefficient (Wildman–Crippen LogP) is 4.98. The van der Waals surface area contributed by atoms with Gasteiger partial charge in [0, 0.05) is 25.5 Å². The summed E-state index contributed by atoms with van der Waals surface area (Å²) >= 11 is 0. The average molecular weight is 396 g/mol. The second kappa shape index (κ2) is 9.56. The van der Waals surface area contributed by atoms with Gasteiger partial charge in [0.25, 0.3) is 5.91 Å². The Morgan fingerprint density at radius 3 is 2.46 bits per heavy atom. The van der Waals surface area contributed by atoms with Crippen LogP contribution >= 0.6 is 12.4 Å². The number of benzene rings is 1. The molecule has 4 nitrogen and oxygen atoms in total. The van der Waals surface area contributed by atoms with Crippen molar-refractivity contribution < 1.29 is 4.79 Å². The lowest BCUT2D eigenvalue weighted by Crippen LogP contribution is -2.38. The van der Waals surface area contributed by atoms with Crippen LogP contribution in [0.1, 0.15) is 35.2 Å². The smallest absolute Gasteiger partial charge is 0.255 e. The van der Waals surface area contributed by atoms with E-state index in [2.05, 4.69) is 40.3 Å². The first-order valence-electron chi connectivity index (χ1n) is 9.72. The molecule has 5 heteroatoms. The summed E-state index contributed by atoms with van der Waals surface area (Å²) in [4.78, 5) is 22.3. The summed E-state index contributed by atoms with van der Waals surface area (Å²) in [5.41, 5.74) is 3.90. The highest BCUT2D eigenvalue weighted by atomic mass is 35.5. The van der Waals surface area contributed by atoms with Gasteiger partial charge in [0.15, 0.2) is 0 Å². The third kappa shape index (κ3) is 4.82. The number of nitrogens with one attached hydrogen (secondary N) is 1. The largest absolute Gasteiger partial charge is 0.360 e. The van der Waals surface area contributed by atoms with Crippen LogP contribution in [0, 0.1) is 5.92 Å². The zero-order chi connectivity index (χ0) is 18.5. The van der Waals surface area contributed by atoms with Gasteiger partial charge in [-0.05, 0) is 61.4 Å². The minimum Gasteiger partial charge on any atom is -0.360 e. The van der Waals surface area contributed by atoms with Crippen LogP contribution in [0.2, 0.25) is 0 Å². The van der Waals surface area contributed by atoms with E-state index in [0.29, 0.717) is 11.5 Å². The van der Waals surface area contributed by atoms with Crippen molar-refractivity contribution in [1.29, 1.82) is 0 Å². The number of aromatic nitrogens is 2. The Bertz CT molecular complexity index is 855. The number of carbonyl (C=O) groups is 1. The van der Waals surface area contributed by atoms with Crippen LogP contribution < -0.4 is 0 Å². The van der Waals surface area contributed by atoms with Crippen LogP contribution in [0.5, 0.6) is 0 Å². The monoisotopic (exact) mass is 395 g/mol. The number of hydrogen-bond donors (Lipinski definition) is 1. The minimum absolute atomic E-state index is 0. The fraction of sp³-hybridized carbons (Fsp3) is 0.304. The van der Waals surface area contributed by atoms with Gasteiger partial charge in [-0.3, -0.25) is 9.78 Å². The Hall–Kier alpha value is -2.59. The lowest BCUT2D eigenvalue weighted by molar-refractivity contribution is 0.0686. The van der Waals surface area contributed by atoms with Crippen molar-refractivity contribution in [2.45, 2.75) is 25.7 Å². The van der Waals surface area contributed by atoms with Gasteiger partial charge in [-0.1, -0.05) is 30.3 Å². The number of pyridine rings is 1. The molecule has 3 aromatic rings. The molecule has 146 valence electrons. The molecular formula is C23H26ClN3O. The lowest BCUT2D eigenvalue weighted by Gasteiger charge is -2.32. The zero-order valence-electron chi connectivity index (χ0n) is 15.9. The molecule has 1 aromatic carbocycles. The average Bonchev–Trinajstić information content (AvgIpc) is 3.28. The zero-order valence-corrected chi connectivity index (χ0v) is 16.7. The van der Waals surface area contributed by atoms with E-state index in [4.69, 9.17) is 0 Å². The second-order valence-electron chi connectivity index (χ2n) is 7.28. The molecule has 1 N–H and O–H groups in total. The van der Waals surface area contributed by atoms with E-state index < -0.39 is 0 Å². The van der Waals surface area contributed by atoms with Crippen LogP contribution in [-0.2, 0) is 6.42 Å². The molecule has 1 saturated heterocycles. The van der Waals surface area contributed by atoms with Crippen molar-refractivity contribution in [3.8, 4) is 11.4 Å². The number of aromatic amines is 1. The number of aryl methyl sites for hydroxylation is 1. The summed E-state index contributed by atoms with van der Waals surface area (Å²) in [6, 6.07) is 18.4. The molecule has 0 saturated carbocycles. The number of piperidine rings is 1. The molecule has 28 heavy (non-hydrogen) atoms. The number of amides is 1. The molecule has 1 amide bonds. The Balaban J connectivity index is 0.00000225. The highest BCUT2D eigenvalue weighted by molar-refractivity contribution is 5.94. The topological polar surface area (TPSA) is 49.0 Å². The number of nitrogens with zero attached hydrogens (tertiary/aromatic N) is 2. The maximum absolute atomic E-state index is 12.8. The van der Waals surface area contributed by atoms with Gasteiger partial charge in [-0.25, -0.2) is 0 Å². The van der Waals surface area contributed by atoms with Gasteiger partial charge < -0.3 is 9.88 Å². The van der Waals surface area contributed by atoms with E-state index >= 15 is 0 Å². The standard InChI is InChI=1S/C23H25N3O.ClH/c27-23(20-10-11-22(25-17-20)21-7-4-14-24-21)26-15-12-19(13-16-26)9-8-18-5-2-1-3-6-18;/h1-7,10-11,14,17,19,24H,8-9,12-13,15-16H2;1H. The van der Waals surface area contributed by atoms with Gasteiger partial charge in [0.05, 0.1) is 17.0 Å². The van der Waals surface area contributed by atoms with Crippen molar-refractivity contribution in [1.82, 2.24) is 14.9 Å². The Morgan fingerprint density at radius 2 is 1.82 bits per heavy atom. The van der Waals surface area contributed by atoms with Crippen LogP contribution in [-0.4, -0.2) is 33.9 Å². The SMILES string of the molecule is Cl.O=C(c1ccc(-c2ccc[nH]2)nc1)N1CCC(CCc2ccccc2)CC1. The molecule has 3 heterocycles. The number of carbonyl (C=O) groups excluding carboxylic acids is 1. The second-order valence-corrected chi connectivity index (χ2v) is 7.28. The van der Waals surface area contributed by atoms with Crippen LogP contribution in [0.25, 0.3) is 11.4 Å². The number of likely N-dealkylation sites (tertiary alicyclic amines) is 1. The third-order valence-electron chi connectivity index (χ3n) is 5.47. The van der Waals surface area contributed by atoms with Crippen LogP contribution in [0.4, 0.5) is 0 Å². The van der Waals surface area contributed by atoms with E-state index in [1.165, 1.54) is 12.0 Å². The fourth-order valence-electron chi connectivity index (χ4n) is 3.79. The Morgan fingerprint density at radius 1 is 1.04 bits per heavy atom. The van der Waals surface area contributed by atoms with Gasteiger partial charge in [0.2, 0.25) is 0 Å². The molecule has 4 rings (SSSR count). The number of hydrogen-bond acceptors (Lipinski definition) is 2. The third-order valence-corrected chi connectivity index (χ3v) is 5.47. The summed E-state index contributed by atoms with van der Waals surface area (Å²) in [6.07, 6.45) is 8.08. The van der Waals surface area contributed by atoms with Crippen molar-refractivity contribution in [3.63, 3.8) is 0 Å². The summed E-state index contributed by atoms with van der Waals surface area (Å²) in [7, 11) is 0. The highest BCUT2D eigenvalue weighted by Crippen LogP contribution is 2.24. The normalized spacial score (nSPS) is 14.5. The van der Waals surface area contributed by atoms with Crippen LogP contribution in [0.15, 0.2) is 67.0 Å². The number of rotatable bonds is 5. The van der Waals surface area contributed by atoms with E-state index in [9.17, 15) is 4.79 Å². The maximum Gasteiger partial charge on any atom is 0.255 e. The van der Waals surface area contributed by atoms with E-state index in [0.717, 1.165) is 43.7 Å². The summed E-state index contributed by atoms with van der Waals surface area (Å²) in [5.74, 6) is 0.810. The lowest BCUT2D eigenvalue weighted by atomic mass is 9.90. The molecule has 1 fully saturated rings. The van der Waals surface area contributed by atoms with Gasteiger partial charge >= 0.3 is 0 Å². The summed E-state index contributed by atoms with van der Waals surface area (Å²) in [6.45, 7) is 1.69. The van der Waals surface area contributed by atoms with Crippen molar-refractivity contribution in [2.24, 2.45) is 5.92 Å². The molecule has 1 aliphatic rings. The summed E-state index contributed by atoms with van der Waals surface area (Å²) in [5, 5.41) is 0. The maximum atomic E-state index is 12.8. The molecule has 0 aliphatic carbocycles. The van der Waals surface area contributed by atoms with Gasteiger partial charge in [-0.15, -0.1) is 12.4 Å². The molecule has 0 bridgehead atoms. The highest BCUT2D eigenvalue weighted by Gasteiger charge is 2.23. The molecule has 0 atom stereocenters. The van der Waals surface area contributed by atoms with Gasteiger partial charge in [-0.2, -0.15) is 0 Å². The Kier molecular flexibility index (Phi) is 6.88. The Labute approximate surface area is 172 Å². The first kappa shape index (κ1) is 20.2. The van der Waals surface area contributed by atoms with Crippen molar-refractivity contribution >= 4 is 18.3 Å². The first-order valence-corrected chi connectivity index (χ1v) is 9.72. The molecule has 1 aliphatic heterocycles. The molecule has 2 aromatic heterocycles. The van der Waals surface area contributed by atoms with Crippen LogP contribution in [0.3, 0.4) is 0 Å². The van der Waals surface area contributed by atoms with E-state index in [1.54, 1.807) is 6.20 Å². The quantitative estimate of drug-likeness (QED) is 0.662. The molecular weight excluding hydrogens is 370 g/mol. The van der Waals surface area contributed by atoms with Gasteiger partial charge in [0.1, 0.15) is 0 Å².